The largest absolute Gasteiger partial charge is 0.453 e. The van der Waals surface area contributed by atoms with Crippen molar-refractivity contribution >= 4 is 65.0 Å². The zero-order chi connectivity index (χ0) is 20.3. The molecule has 3 rings (SSSR count). The van der Waals surface area contributed by atoms with E-state index < -0.39 is 22.8 Å². The molecule has 28 heavy (non-hydrogen) atoms. The number of hydrogen-bond acceptors (Lipinski definition) is 4. The van der Waals surface area contributed by atoms with E-state index in [4.69, 9.17) is 51.1 Å². The third-order valence-electron chi connectivity index (χ3n) is 3.98. The summed E-state index contributed by atoms with van der Waals surface area (Å²) in [5, 5.41) is 0.412. The minimum Gasteiger partial charge on any atom is -0.453 e. The number of imidazole rings is 1. The molecule has 0 bridgehead atoms. The van der Waals surface area contributed by atoms with Crippen molar-refractivity contribution in [3.05, 3.63) is 87.4 Å². The van der Waals surface area contributed by atoms with E-state index in [2.05, 4.69) is 17.6 Å². The molecule has 0 aliphatic rings. The van der Waals surface area contributed by atoms with Gasteiger partial charge in [-0.2, -0.15) is 12.6 Å². The van der Waals surface area contributed by atoms with E-state index in [1.54, 1.807) is 65.8 Å². The van der Waals surface area contributed by atoms with Crippen LogP contribution in [0.15, 0.2) is 61.2 Å². The molecule has 2 aromatic carbocycles. The third-order valence-corrected chi connectivity index (χ3v) is 5.94. The first-order chi connectivity index (χ1) is 13.4. The first-order valence-electron chi connectivity index (χ1n) is 8.07. The standard InChI is InChI=1S/C19H14Cl4N2O2S/c20-13-4-1-11(2-5-13)16(18(23)25-8-7-24-10-25)27-19(26)17(28)12-3-6-14(21)15(22)9-12/h1-10,16-18,28H. The van der Waals surface area contributed by atoms with Gasteiger partial charge >= 0.3 is 5.97 Å². The van der Waals surface area contributed by atoms with Crippen LogP contribution < -0.4 is 0 Å². The van der Waals surface area contributed by atoms with E-state index in [1.807, 2.05) is 0 Å². The van der Waals surface area contributed by atoms with Gasteiger partial charge in [0, 0.05) is 17.4 Å². The quantitative estimate of drug-likeness (QED) is 0.250. The maximum Gasteiger partial charge on any atom is 0.324 e. The first-order valence-corrected chi connectivity index (χ1v) is 10.2. The molecular weight excluding hydrogens is 462 g/mol. The maximum absolute atomic E-state index is 12.8. The maximum atomic E-state index is 12.8. The van der Waals surface area contributed by atoms with Gasteiger partial charge in [0.2, 0.25) is 0 Å². The Kier molecular flexibility index (Phi) is 7.18. The highest BCUT2D eigenvalue weighted by Gasteiger charge is 2.30. The van der Waals surface area contributed by atoms with Gasteiger partial charge in [0.05, 0.1) is 16.4 Å². The van der Waals surface area contributed by atoms with Crippen LogP contribution in [0.1, 0.15) is 28.0 Å². The Morgan fingerprint density at radius 1 is 1.04 bits per heavy atom. The van der Waals surface area contributed by atoms with Gasteiger partial charge < -0.3 is 9.30 Å². The third kappa shape index (κ3) is 4.97. The predicted octanol–water partition coefficient (Wildman–Crippen LogP) is 6.54. The minimum absolute atomic E-state index is 0.328. The number of carbonyl (C=O) groups is 1. The summed E-state index contributed by atoms with van der Waals surface area (Å²) in [4.78, 5) is 16.8. The van der Waals surface area contributed by atoms with Gasteiger partial charge in [0.1, 0.15) is 10.8 Å². The van der Waals surface area contributed by atoms with E-state index >= 15 is 0 Å². The smallest absolute Gasteiger partial charge is 0.324 e. The normalized spacial score (nSPS) is 14.3. The molecule has 0 aliphatic carbocycles. The van der Waals surface area contributed by atoms with Crippen molar-refractivity contribution in [1.29, 1.82) is 0 Å². The lowest BCUT2D eigenvalue weighted by Gasteiger charge is -2.25. The van der Waals surface area contributed by atoms with Crippen molar-refractivity contribution in [2.24, 2.45) is 0 Å². The molecule has 0 spiro atoms. The number of benzene rings is 2. The predicted molar refractivity (Wildman–Crippen MR) is 116 cm³/mol. The first kappa shape index (κ1) is 21.3. The van der Waals surface area contributed by atoms with Crippen LogP contribution in [0.2, 0.25) is 15.1 Å². The van der Waals surface area contributed by atoms with E-state index in [1.165, 1.54) is 0 Å². The molecule has 4 nitrogen and oxygen atoms in total. The Bertz CT molecular complexity index is 951. The monoisotopic (exact) mass is 474 g/mol. The second kappa shape index (κ2) is 9.42. The number of aromatic nitrogens is 2. The Labute approximate surface area is 187 Å². The van der Waals surface area contributed by atoms with E-state index in [0.29, 0.717) is 26.2 Å². The molecule has 0 amide bonds. The summed E-state index contributed by atoms with van der Waals surface area (Å²) in [6.45, 7) is 0. The molecule has 1 aromatic heterocycles. The molecule has 3 aromatic rings. The summed E-state index contributed by atoms with van der Waals surface area (Å²) in [5.41, 5.74) is 0.523. The summed E-state index contributed by atoms with van der Waals surface area (Å²) < 4.78 is 7.37. The van der Waals surface area contributed by atoms with E-state index in [-0.39, 0.29) is 0 Å². The second-order valence-corrected chi connectivity index (χ2v) is 8.08. The van der Waals surface area contributed by atoms with Gasteiger partial charge in [-0.1, -0.05) is 64.6 Å². The van der Waals surface area contributed by atoms with E-state index in [9.17, 15) is 4.79 Å². The van der Waals surface area contributed by atoms with Crippen LogP contribution in [0.4, 0.5) is 0 Å². The van der Waals surface area contributed by atoms with Crippen LogP contribution >= 0.6 is 59.0 Å². The summed E-state index contributed by atoms with van der Waals surface area (Å²) in [7, 11) is 0. The molecule has 0 saturated carbocycles. The number of hydrogen-bond donors (Lipinski definition) is 1. The Balaban J connectivity index is 1.86. The number of thiol groups is 1. The highest BCUT2D eigenvalue weighted by molar-refractivity contribution is 7.81. The highest BCUT2D eigenvalue weighted by Crippen LogP contribution is 2.36. The van der Waals surface area contributed by atoms with Crippen LogP contribution in [-0.4, -0.2) is 15.5 Å². The molecule has 3 atom stereocenters. The molecule has 0 aliphatic heterocycles. The minimum atomic E-state index is -0.865. The number of carbonyl (C=O) groups excluding carboxylic acids is 1. The Morgan fingerprint density at radius 3 is 2.32 bits per heavy atom. The van der Waals surface area contributed by atoms with Gasteiger partial charge in [-0.25, -0.2) is 4.98 Å². The SMILES string of the molecule is O=C(OC(c1ccc(Cl)cc1)C(Cl)n1ccnc1)C(S)c1ccc(Cl)c(Cl)c1. The fourth-order valence-corrected chi connectivity index (χ4v) is 3.48. The summed E-state index contributed by atoms with van der Waals surface area (Å²) in [6, 6.07) is 11.7. The molecule has 0 radical (unpaired) electrons. The average Bonchev–Trinajstić information content (AvgIpc) is 3.22. The summed E-state index contributed by atoms with van der Waals surface area (Å²) in [5.74, 6) is -0.576. The van der Waals surface area contributed by atoms with Gasteiger partial charge in [-0.05, 0) is 35.4 Å². The lowest BCUT2D eigenvalue weighted by molar-refractivity contribution is -0.150. The Hall–Kier alpha value is -1.37. The number of halogens is 4. The van der Waals surface area contributed by atoms with Crippen molar-refractivity contribution in [2.45, 2.75) is 16.9 Å². The molecule has 9 heteroatoms. The fourth-order valence-electron chi connectivity index (χ4n) is 2.52. The topological polar surface area (TPSA) is 44.1 Å². The van der Waals surface area contributed by atoms with E-state index in [0.717, 1.165) is 0 Å². The summed E-state index contributed by atoms with van der Waals surface area (Å²) >= 11 is 28.9. The number of rotatable bonds is 6. The van der Waals surface area contributed by atoms with Crippen molar-refractivity contribution in [3.63, 3.8) is 0 Å². The second-order valence-electron chi connectivity index (χ2n) is 5.87. The van der Waals surface area contributed by atoms with Crippen molar-refractivity contribution in [1.82, 2.24) is 9.55 Å². The van der Waals surface area contributed by atoms with Crippen molar-refractivity contribution < 1.29 is 9.53 Å². The fraction of sp³-hybridized carbons (Fsp3) is 0.158. The van der Waals surface area contributed by atoms with Crippen LogP contribution in [0.25, 0.3) is 0 Å². The van der Waals surface area contributed by atoms with Crippen LogP contribution in [0.5, 0.6) is 0 Å². The van der Waals surface area contributed by atoms with Crippen LogP contribution in [0, 0.1) is 0 Å². The lowest BCUT2D eigenvalue weighted by atomic mass is 10.1. The molecule has 1 heterocycles. The van der Waals surface area contributed by atoms with Crippen LogP contribution in [-0.2, 0) is 9.53 Å². The number of nitrogens with zero attached hydrogens (tertiary/aromatic N) is 2. The molecule has 146 valence electrons. The number of alkyl halides is 1. The van der Waals surface area contributed by atoms with Gasteiger partial charge in [-0.15, -0.1) is 0 Å². The van der Waals surface area contributed by atoms with Gasteiger partial charge in [-0.3, -0.25) is 4.79 Å². The Morgan fingerprint density at radius 2 is 1.71 bits per heavy atom. The molecule has 0 N–H and O–H groups in total. The molecule has 0 fully saturated rings. The number of ether oxygens (including phenoxy) is 1. The average molecular weight is 476 g/mol. The van der Waals surface area contributed by atoms with Crippen molar-refractivity contribution in [2.75, 3.05) is 0 Å². The highest BCUT2D eigenvalue weighted by atomic mass is 35.5. The molecule has 0 saturated heterocycles. The zero-order valence-corrected chi connectivity index (χ0v) is 18.1. The summed E-state index contributed by atoms with van der Waals surface area (Å²) in [6.07, 6.45) is 4.03. The van der Waals surface area contributed by atoms with Crippen molar-refractivity contribution in [3.8, 4) is 0 Å². The van der Waals surface area contributed by atoms with Gasteiger partial charge in [0.15, 0.2) is 6.10 Å². The lowest BCUT2D eigenvalue weighted by Crippen LogP contribution is -2.21. The molecule has 3 unspecified atom stereocenters. The number of esters is 1. The van der Waals surface area contributed by atoms with Gasteiger partial charge in [0.25, 0.3) is 0 Å². The zero-order valence-electron chi connectivity index (χ0n) is 14.2. The van der Waals surface area contributed by atoms with Crippen LogP contribution in [0.3, 0.4) is 0 Å². The molecular formula is C19H14Cl4N2O2S.